The lowest BCUT2D eigenvalue weighted by Crippen LogP contribution is -2.57. The zero-order valence-electron chi connectivity index (χ0n) is 16.9. The van der Waals surface area contributed by atoms with E-state index in [1.807, 2.05) is 19.2 Å². The van der Waals surface area contributed by atoms with Crippen LogP contribution in [0.25, 0.3) is 0 Å². The summed E-state index contributed by atoms with van der Waals surface area (Å²) in [5, 5.41) is 32.9. The molecule has 13 nitrogen and oxygen atoms in total. The maximum absolute atomic E-state index is 12.3. The topological polar surface area (TPSA) is 225 Å². The highest BCUT2D eigenvalue weighted by Crippen LogP contribution is 2.03. The highest BCUT2D eigenvalue weighted by atomic mass is 16.4. The van der Waals surface area contributed by atoms with Gasteiger partial charge in [-0.1, -0.05) is 13.8 Å². The summed E-state index contributed by atoms with van der Waals surface area (Å²) in [6.07, 6.45) is -1.48. The van der Waals surface area contributed by atoms with Gasteiger partial charge in [0.1, 0.15) is 18.1 Å². The summed E-state index contributed by atoms with van der Waals surface area (Å²) >= 11 is 0. The Labute approximate surface area is 172 Å². The molecule has 0 heterocycles. The quantitative estimate of drug-likeness (QED) is 0.167. The first-order valence-electron chi connectivity index (χ1n) is 9.07. The zero-order valence-corrected chi connectivity index (χ0v) is 16.9. The fraction of sp³-hybridized carbons (Fsp3) is 0.647. The Balaban J connectivity index is 5.14. The first kappa shape index (κ1) is 26.8. The molecular weight excluding hydrogens is 404 g/mol. The molecule has 0 fully saturated rings. The SMILES string of the molecule is CC(C)CC(N)C(=O)NC(C)C(=O)NC(CC(=O)O)C(=O)NC(CC(=O)O)C(=O)O. The molecule has 0 aliphatic rings. The van der Waals surface area contributed by atoms with E-state index in [9.17, 15) is 28.8 Å². The lowest BCUT2D eigenvalue weighted by atomic mass is 10.0. The van der Waals surface area contributed by atoms with Gasteiger partial charge in [-0.15, -0.1) is 0 Å². The van der Waals surface area contributed by atoms with E-state index in [1.165, 1.54) is 6.92 Å². The monoisotopic (exact) mass is 432 g/mol. The Morgan fingerprint density at radius 2 is 1.20 bits per heavy atom. The molecule has 3 amide bonds. The van der Waals surface area contributed by atoms with Gasteiger partial charge in [-0.2, -0.15) is 0 Å². The molecule has 30 heavy (non-hydrogen) atoms. The van der Waals surface area contributed by atoms with Crippen LogP contribution in [0.3, 0.4) is 0 Å². The van der Waals surface area contributed by atoms with Crippen molar-refractivity contribution in [3.8, 4) is 0 Å². The van der Waals surface area contributed by atoms with Gasteiger partial charge in [-0.3, -0.25) is 24.0 Å². The molecule has 0 aromatic rings. The molecule has 13 heteroatoms. The molecule has 0 spiro atoms. The average Bonchev–Trinajstić information content (AvgIpc) is 2.58. The first-order valence-corrected chi connectivity index (χ1v) is 9.07. The van der Waals surface area contributed by atoms with Gasteiger partial charge in [0.15, 0.2) is 0 Å². The van der Waals surface area contributed by atoms with Crippen LogP contribution in [0, 0.1) is 5.92 Å². The van der Waals surface area contributed by atoms with Gasteiger partial charge in [-0.05, 0) is 19.3 Å². The third-order valence-corrected chi connectivity index (χ3v) is 3.82. The Morgan fingerprint density at radius 3 is 1.63 bits per heavy atom. The van der Waals surface area contributed by atoms with Crippen molar-refractivity contribution in [2.24, 2.45) is 11.7 Å². The standard InChI is InChI=1S/C17H28N4O9/c1-7(2)4-9(18)15(27)19-8(3)14(26)20-10(5-12(22)23)16(28)21-11(17(29)30)6-13(24)25/h7-11H,4-6,18H2,1-3H3,(H,19,27)(H,20,26)(H,21,28)(H,22,23)(H,24,25)(H,29,30). The molecule has 0 radical (unpaired) electrons. The smallest absolute Gasteiger partial charge is 0.326 e. The number of rotatable bonds is 13. The van der Waals surface area contributed by atoms with Crippen molar-refractivity contribution in [2.45, 2.75) is 64.2 Å². The second kappa shape index (κ2) is 12.4. The second-order valence-electron chi connectivity index (χ2n) is 7.12. The van der Waals surface area contributed by atoms with Crippen LogP contribution in [0.15, 0.2) is 0 Å². The maximum Gasteiger partial charge on any atom is 0.326 e. The van der Waals surface area contributed by atoms with Gasteiger partial charge >= 0.3 is 17.9 Å². The maximum atomic E-state index is 12.3. The molecule has 0 saturated carbocycles. The van der Waals surface area contributed by atoms with Crippen molar-refractivity contribution < 1.29 is 44.1 Å². The Morgan fingerprint density at radius 1 is 0.733 bits per heavy atom. The number of nitrogens with one attached hydrogen (secondary N) is 3. The zero-order chi connectivity index (χ0) is 23.6. The Kier molecular flexibility index (Phi) is 11.0. The minimum absolute atomic E-state index is 0.131. The predicted molar refractivity (Wildman–Crippen MR) is 101 cm³/mol. The van der Waals surface area contributed by atoms with Gasteiger partial charge in [0.05, 0.1) is 18.9 Å². The molecule has 0 aromatic carbocycles. The van der Waals surface area contributed by atoms with E-state index >= 15 is 0 Å². The second-order valence-corrected chi connectivity index (χ2v) is 7.12. The molecule has 0 rings (SSSR count). The van der Waals surface area contributed by atoms with Crippen LogP contribution in [0.2, 0.25) is 0 Å². The van der Waals surface area contributed by atoms with E-state index in [2.05, 4.69) is 10.6 Å². The number of carbonyl (C=O) groups excluding carboxylic acids is 3. The third kappa shape index (κ3) is 10.4. The highest BCUT2D eigenvalue weighted by Gasteiger charge is 2.31. The van der Waals surface area contributed by atoms with Crippen LogP contribution in [0.1, 0.15) is 40.0 Å². The lowest BCUT2D eigenvalue weighted by molar-refractivity contribution is -0.148. The number of carboxylic acid groups (broad SMARTS) is 3. The van der Waals surface area contributed by atoms with E-state index in [0.29, 0.717) is 6.42 Å². The normalized spacial score (nSPS) is 14.7. The van der Waals surface area contributed by atoms with Gasteiger partial charge in [0, 0.05) is 0 Å². The van der Waals surface area contributed by atoms with Crippen molar-refractivity contribution in [1.29, 1.82) is 0 Å². The van der Waals surface area contributed by atoms with Crippen LogP contribution >= 0.6 is 0 Å². The van der Waals surface area contributed by atoms with Crippen LogP contribution in [0.4, 0.5) is 0 Å². The van der Waals surface area contributed by atoms with E-state index < -0.39 is 72.6 Å². The molecule has 4 unspecified atom stereocenters. The van der Waals surface area contributed by atoms with E-state index in [4.69, 9.17) is 21.1 Å². The summed E-state index contributed by atoms with van der Waals surface area (Å²) < 4.78 is 0. The summed E-state index contributed by atoms with van der Waals surface area (Å²) in [5.74, 6) is -7.22. The average molecular weight is 432 g/mol. The van der Waals surface area contributed by atoms with E-state index in [1.54, 1.807) is 0 Å². The summed E-state index contributed by atoms with van der Waals surface area (Å²) in [6, 6.07) is -5.57. The summed E-state index contributed by atoms with van der Waals surface area (Å²) in [4.78, 5) is 69.3. The number of nitrogens with two attached hydrogens (primary N) is 1. The third-order valence-electron chi connectivity index (χ3n) is 3.82. The van der Waals surface area contributed by atoms with Gasteiger partial charge in [-0.25, -0.2) is 4.79 Å². The van der Waals surface area contributed by atoms with Crippen molar-refractivity contribution in [3.05, 3.63) is 0 Å². The highest BCUT2D eigenvalue weighted by molar-refractivity contribution is 5.95. The summed E-state index contributed by atoms with van der Waals surface area (Å²) in [6.45, 7) is 5.00. The van der Waals surface area contributed by atoms with Crippen molar-refractivity contribution in [1.82, 2.24) is 16.0 Å². The number of carboxylic acids is 3. The Hall–Kier alpha value is -3.22. The van der Waals surface area contributed by atoms with E-state index in [0.717, 1.165) is 0 Å². The van der Waals surface area contributed by atoms with Crippen LogP contribution in [0.5, 0.6) is 0 Å². The van der Waals surface area contributed by atoms with Crippen molar-refractivity contribution in [2.75, 3.05) is 0 Å². The number of hydrogen-bond acceptors (Lipinski definition) is 7. The molecule has 0 aliphatic heterocycles. The number of amides is 3. The fourth-order valence-corrected chi connectivity index (χ4v) is 2.33. The number of carbonyl (C=O) groups is 6. The molecule has 0 aliphatic carbocycles. The van der Waals surface area contributed by atoms with Crippen LogP contribution in [-0.2, 0) is 28.8 Å². The number of aliphatic carboxylic acids is 3. The Bertz CT molecular complexity index is 680. The van der Waals surface area contributed by atoms with Gasteiger partial charge < -0.3 is 37.0 Å². The van der Waals surface area contributed by atoms with Crippen molar-refractivity contribution >= 4 is 35.6 Å². The molecule has 0 aromatic heterocycles. The molecule has 8 N–H and O–H groups in total. The summed E-state index contributed by atoms with van der Waals surface area (Å²) in [5.41, 5.74) is 5.72. The molecular formula is C17H28N4O9. The largest absolute Gasteiger partial charge is 0.481 e. The molecule has 0 saturated heterocycles. The first-order chi connectivity index (χ1) is 13.7. The fourth-order valence-electron chi connectivity index (χ4n) is 2.33. The molecule has 4 atom stereocenters. The molecule has 0 bridgehead atoms. The van der Waals surface area contributed by atoms with E-state index in [-0.39, 0.29) is 5.92 Å². The van der Waals surface area contributed by atoms with Gasteiger partial charge in [0.25, 0.3) is 0 Å². The summed E-state index contributed by atoms with van der Waals surface area (Å²) in [7, 11) is 0. The van der Waals surface area contributed by atoms with Crippen LogP contribution < -0.4 is 21.7 Å². The van der Waals surface area contributed by atoms with Crippen molar-refractivity contribution in [3.63, 3.8) is 0 Å². The minimum atomic E-state index is -1.82. The molecule has 170 valence electrons. The van der Waals surface area contributed by atoms with Gasteiger partial charge in [0.2, 0.25) is 17.7 Å². The van der Waals surface area contributed by atoms with Crippen LogP contribution in [-0.4, -0.2) is 75.1 Å². The minimum Gasteiger partial charge on any atom is -0.481 e. The number of hydrogen-bond donors (Lipinski definition) is 7. The lowest BCUT2D eigenvalue weighted by Gasteiger charge is -2.22. The predicted octanol–water partition coefficient (Wildman–Crippen LogP) is -2.13.